The van der Waals surface area contributed by atoms with Gasteiger partial charge in [-0.05, 0) is 64.3 Å². The summed E-state index contributed by atoms with van der Waals surface area (Å²) in [6.45, 7) is 5.28. The fourth-order valence-corrected chi connectivity index (χ4v) is 4.67. The van der Waals surface area contributed by atoms with E-state index in [2.05, 4.69) is 25.6 Å². The normalized spacial score (nSPS) is 14.7. The maximum atomic E-state index is 13.2. The Hall–Kier alpha value is -5.81. The molecule has 1 aromatic heterocycles. The average molecular weight is 671 g/mol. The van der Waals surface area contributed by atoms with Gasteiger partial charge in [-0.2, -0.15) is 9.97 Å². The number of fused-ring (bicyclic) bond motifs is 1. The molecule has 0 bridgehead atoms. The number of ether oxygens (including phenoxy) is 1. The van der Waals surface area contributed by atoms with Crippen molar-refractivity contribution in [2.24, 2.45) is 4.99 Å². The largest absolute Gasteiger partial charge is 0.481 e. The third-order valence-electron chi connectivity index (χ3n) is 6.98. The Morgan fingerprint density at radius 3 is 2.10 bits per heavy atom. The number of hydrogen-bond acceptors (Lipinski definition) is 12. The van der Waals surface area contributed by atoms with Crippen molar-refractivity contribution in [1.82, 2.24) is 20.6 Å². The Morgan fingerprint density at radius 2 is 1.52 bits per heavy atom. The first-order chi connectivity index (χ1) is 22.4. The van der Waals surface area contributed by atoms with Crippen LogP contribution in [0.5, 0.6) is 0 Å². The number of aliphatic carboxylic acids is 3. The molecule has 48 heavy (non-hydrogen) atoms. The molecule has 0 saturated heterocycles. The van der Waals surface area contributed by atoms with Gasteiger partial charge in [-0.1, -0.05) is 0 Å². The standard InChI is InChI=1S/C30H38N8O10/c1-30(2,3)48-29(47)38(13-12-16-14-33-24-22(16)23(31)36-28(32)37-24)17-6-4-15(5-7-17)25(42)35-19(27(45)46)8-10-20(39)34-18(26(43)44)9-11-21(40)41/h4-7,14,16,18-19H,8-13H2,1-3H3,(H,34,39)(H,35,42)(H,40,41)(H,43,44)(H,45,46)(H4,31,32,36,37)/t16?,18-,19-/m0/s1. The molecule has 1 unspecified atom stereocenters. The van der Waals surface area contributed by atoms with E-state index in [4.69, 9.17) is 21.3 Å². The lowest BCUT2D eigenvalue weighted by Gasteiger charge is -2.28. The molecule has 0 aliphatic carbocycles. The molecular weight excluding hydrogens is 632 g/mol. The molecule has 3 rings (SSSR count). The zero-order valence-corrected chi connectivity index (χ0v) is 26.5. The lowest BCUT2D eigenvalue weighted by molar-refractivity contribution is -0.143. The molecule has 18 heteroatoms. The Balaban J connectivity index is 1.68. The second kappa shape index (κ2) is 15.7. The van der Waals surface area contributed by atoms with Gasteiger partial charge in [0.1, 0.15) is 23.5 Å². The van der Waals surface area contributed by atoms with Crippen LogP contribution < -0.4 is 27.0 Å². The van der Waals surface area contributed by atoms with Gasteiger partial charge in [0.25, 0.3) is 5.91 Å². The minimum absolute atomic E-state index is 0.0115. The molecule has 0 fully saturated rings. The molecule has 3 atom stereocenters. The molecule has 3 amide bonds. The molecule has 1 aliphatic rings. The number of carbonyl (C=O) groups excluding carboxylic acids is 3. The highest BCUT2D eigenvalue weighted by Crippen LogP contribution is 2.37. The summed E-state index contributed by atoms with van der Waals surface area (Å²) >= 11 is 0. The molecule has 1 aromatic carbocycles. The topological polar surface area (TPSA) is 290 Å². The molecule has 0 spiro atoms. The van der Waals surface area contributed by atoms with Gasteiger partial charge >= 0.3 is 24.0 Å². The first-order valence-corrected chi connectivity index (χ1v) is 14.8. The van der Waals surface area contributed by atoms with Gasteiger partial charge in [0, 0.05) is 48.3 Å². The minimum Gasteiger partial charge on any atom is -0.481 e. The summed E-state index contributed by atoms with van der Waals surface area (Å²) in [5.41, 5.74) is 11.9. The molecule has 2 aromatic rings. The van der Waals surface area contributed by atoms with Crippen molar-refractivity contribution in [1.29, 1.82) is 0 Å². The number of benzene rings is 1. The average Bonchev–Trinajstić information content (AvgIpc) is 3.39. The van der Waals surface area contributed by atoms with E-state index >= 15 is 0 Å². The van der Waals surface area contributed by atoms with E-state index in [9.17, 15) is 39.0 Å². The molecule has 258 valence electrons. The highest BCUT2D eigenvalue weighted by atomic mass is 16.6. The van der Waals surface area contributed by atoms with Gasteiger partial charge in [0.2, 0.25) is 11.9 Å². The Bertz CT molecular complexity index is 1590. The van der Waals surface area contributed by atoms with Crippen LogP contribution in [0.2, 0.25) is 0 Å². The summed E-state index contributed by atoms with van der Waals surface area (Å²) < 4.78 is 5.59. The number of nitrogens with one attached hydrogen (secondary N) is 2. The SMILES string of the molecule is CC(C)(C)OC(=O)N(CCC1C=Nc2nc(N)nc(N)c21)c1ccc(C(=O)N[C@@H](CCC(=O)N[C@@H](CCC(=O)O)C(=O)O)C(=O)O)cc1. The van der Waals surface area contributed by atoms with Gasteiger partial charge < -0.3 is 42.2 Å². The Labute approximate surface area is 274 Å². The summed E-state index contributed by atoms with van der Waals surface area (Å²) in [7, 11) is 0. The summed E-state index contributed by atoms with van der Waals surface area (Å²) in [6.07, 6.45) is -0.354. The first-order valence-electron chi connectivity index (χ1n) is 14.8. The molecule has 18 nitrogen and oxygen atoms in total. The first kappa shape index (κ1) is 36.7. The van der Waals surface area contributed by atoms with Gasteiger partial charge in [-0.15, -0.1) is 0 Å². The number of hydrogen-bond donors (Lipinski definition) is 7. The number of nitrogens with zero attached hydrogens (tertiary/aromatic N) is 4. The van der Waals surface area contributed by atoms with E-state index in [0.717, 1.165) is 0 Å². The molecule has 0 radical (unpaired) electrons. The third-order valence-corrected chi connectivity index (χ3v) is 6.98. The van der Waals surface area contributed by atoms with Crippen LogP contribution in [0.15, 0.2) is 29.3 Å². The highest BCUT2D eigenvalue weighted by molar-refractivity contribution is 5.97. The van der Waals surface area contributed by atoms with Crippen LogP contribution >= 0.6 is 0 Å². The summed E-state index contributed by atoms with van der Waals surface area (Å²) in [5.74, 6) is -5.52. The second-order valence-corrected chi connectivity index (χ2v) is 11.9. The number of carboxylic acids is 3. The fourth-order valence-electron chi connectivity index (χ4n) is 4.67. The predicted molar refractivity (Wildman–Crippen MR) is 171 cm³/mol. The summed E-state index contributed by atoms with van der Waals surface area (Å²) in [5, 5.41) is 32.1. The van der Waals surface area contributed by atoms with Crippen molar-refractivity contribution >= 4 is 65.3 Å². The molecular formula is C30H38N8O10. The zero-order chi connectivity index (χ0) is 35.8. The van der Waals surface area contributed by atoms with Gasteiger partial charge in [0.15, 0.2) is 5.82 Å². The van der Waals surface area contributed by atoms with Crippen molar-refractivity contribution in [3.05, 3.63) is 35.4 Å². The minimum atomic E-state index is -1.51. The highest BCUT2D eigenvalue weighted by Gasteiger charge is 2.29. The number of carbonyl (C=O) groups is 6. The maximum Gasteiger partial charge on any atom is 0.414 e. The van der Waals surface area contributed by atoms with Crippen LogP contribution in [0.3, 0.4) is 0 Å². The Kier molecular flexibility index (Phi) is 12.0. The smallest absolute Gasteiger partial charge is 0.414 e. The molecule has 0 saturated carbocycles. The van der Waals surface area contributed by atoms with Crippen molar-refractivity contribution in [3.63, 3.8) is 0 Å². The molecule has 9 N–H and O–H groups in total. The van der Waals surface area contributed by atoms with E-state index < -0.39 is 66.3 Å². The number of rotatable bonds is 15. The van der Waals surface area contributed by atoms with E-state index in [1.165, 1.54) is 29.2 Å². The number of amides is 3. The van der Waals surface area contributed by atoms with Crippen molar-refractivity contribution < 1.29 is 48.8 Å². The van der Waals surface area contributed by atoms with Gasteiger partial charge in [-0.3, -0.25) is 19.3 Å². The predicted octanol–water partition coefficient (Wildman–Crippen LogP) is 1.67. The Morgan fingerprint density at radius 1 is 0.917 bits per heavy atom. The maximum absolute atomic E-state index is 13.2. The van der Waals surface area contributed by atoms with Crippen LogP contribution in [0.4, 0.5) is 28.1 Å². The quantitative estimate of drug-likeness (QED) is 0.142. The van der Waals surface area contributed by atoms with Crippen molar-refractivity contribution in [2.45, 2.75) is 76.5 Å². The van der Waals surface area contributed by atoms with Gasteiger partial charge in [0.05, 0.1) is 0 Å². The molecule has 2 heterocycles. The number of carboxylic acid groups (broad SMARTS) is 3. The van der Waals surface area contributed by atoms with Crippen LogP contribution in [-0.4, -0.2) is 91.5 Å². The van der Waals surface area contributed by atoms with E-state index in [-0.39, 0.29) is 42.6 Å². The number of nitrogens with two attached hydrogens (primary N) is 2. The fraction of sp³-hybridized carbons (Fsp3) is 0.433. The van der Waals surface area contributed by atoms with Crippen molar-refractivity contribution in [3.8, 4) is 0 Å². The zero-order valence-electron chi connectivity index (χ0n) is 26.5. The number of anilines is 3. The number of nitrogen functional groups attached to an aromatic ring is 2. The summed E-state index contributed by atoms with van der Waals surface area (Å²) in [4.78, 5) is 86.0. The van der Waals surface area contributed by atoms with Crippen LogP contribution in [0.25, 0.3) is 0 Å². The number of aliphatic imine (C=N–C) groups is 1. The summed E-state index contributed by atoms with van der Waals surface area (Å²) in [6, 6.07) is 2.76. The van der Waals surface area contributed by atoms with E-state index in [1.807, 2.05) is 0 Å². The van der Waals surface area contributed by atoms with Crippen molar-refractivity contribution in [2.75, 3.05) is 22.9 Å². The molecule has 1 aliphatic heterocycles. The van der Waals surface area contributed by atoms with Crippen LogP contribution in [0, 0.1) is 0 Å². The monoisotopic (exact) mass is 670 g/mol. The van der Waals surface area contributed by atoms with Crippen LogP contribution in [-0.2, 0) is 23.9 Å². The van der Waals surface area contributed by atoms with E-state index in [1.54, 1.807) is 27.0 Å². The van der Waals surface area contributed by atoms with E-state index in [0.29, 0.717) is 23.5 Å². The number of aromatic nitrogens is 2. The lowest BCUT2D eigenvalue weighted by atomic mass is 9.99. The second-order valence-electron chi connectivity index (χ2n) is 11.9. The lowest BCUT2D eigenvalue weighted by Crippen LogP contribution is -2.44. The van der Waals surface area contributed by atoms with Gasteiger partial charge in [-0.25, -0.2) is 19.4 Å². The van der Waals surface area contributed by atoms with Crippen LogP contribution in [0.1, 0.15) is 74.7 Å². The third kappa shape index (κ3) is 10.4.